The van der Waals surface area contributed by atoms with E-state index in [1.807, 2.05) is 13.8 Å². The molecule has 0 N–H and O–H groups in total. The molecule has 4 rings (SSSR count). The van der Waals surface area contributed by atoms with Crippen molar-refractivity contribution >= 4 is 23.4 Å². The van der Waals surface area contributed by atoms with Gasteiger partial charge in [-0.2, -0.15) is 13.2 Å². The fraction of sp³-hybridized carbons (Fsp3) is 0.400. The zero-order valence-electron chi connectivity index (χ0n) is 19.0. The Morgan fingerprint density at radius 3 is 2.03 bits per heavy atom. The number of piperazine rings is 1. The van der Waals surface area contributed by atoms with Crippen LogP contribution in [0.3, 0.4) is 0 Å². The standard InChI is InChI=1S/C25H26F3N3O3/c1-16(2)14-21(31-22(32)19-8-3-4-9-20(19)23(31)33)24(34)30-12-10-29(11-13-30)18-7-5-6-17(15-18)25(26,27)28/h3-9,15-16,21H,10-14H2,1-2H3/t21-/m0/s1. The summed E-state index contributed by atoms with van der Waals surface area (Å²) >= 11 is 0. The minimum atomic E-state index is -4.43. The van der Waals surface area contributed by atoms with Crippen molar-refractivity contribution in [3.63, 3.8) is 0 Å². The molecule has 0 radical (unpaired) electrons. The molecule has 0 unspecified atom stereocenters. The number of amides is 3. The topological polar surface area (TPSA) is 60.9 Å². The molecule has 34 heavy (non-hydrogen) atoms. The van der Waals surface area contributed by atoms with Crippen LogP contribution in [0.2, 0.25) is 0 Å². The molecule has 2 aliphatic rings. The van der Waals surface area contributed by atoms with E-state index < -0.39 is 29.6 Å². The second-order valence-electron chi connectivity index (χ2n) is 9.03. The maximum Gasteiger partial charge on any atom is 0.416 e. The predicted octanol–water partition coefficient (Wildman–Crippen LogP) is 4.06. The number of fused-ring (bicyclic) bond motifs is 1. The highest BCUT2D eigenvalue weighted by Gasteiger charge is 2.44. The van der Waals surface area contributed by atoms with Gasteiger partial charge in [0.25, 0.3) is 11.8 Å². The minimum Gasteiger partial charge on any atom is -0.368 e. The Bertz CT molecular complexity index is 1070. The number of hydrogen-bond acceptors (Lipinski definition) is 4. The summed E-state index contributed by atoms with van der Waals surface area (Å²) in [5.74, 6) is -1.19. The van der Waals surface area contributed by atoms with Crippen LogP contribution >= 0.6 is 0 Å². The number of rotatable bonds is 5. The zero-order chi connectivity index (χ0) is 24.6. The number of halogens is 3. The summed E-state index contributed by atoms with van der Waals surface area (Å²) in [7, 11) is 0. The maximum absolute atomic E-state index is 13.5. The molecule has 2 aromatic rings. The average Bonchev–Trinajstić information content (AvgIpc) is 3.07. The molecule has 2 aromatic carbocycles. The van der Waals surface area contributed by atoms with Crippen molar-refractivity contribution in [3.05, 3.63) is 65.2 Å². The normalized spacial score (nSPS) is 17.4. The number of anilines is 1. The summed E-state index contributed by atoms with van der Waals surface area (Å²) in [5, 5.41) is 0. The summed E-state index contributed by atoms with van der Waals surface area (Å²) in [6, 6.07) is 10.7. The van der Waals surface area contributed by atoms with E-state index in [9.17, 15) is 27.6 Å². The van der Waals surface area contributed by atoms with Crippen LogP contribution in [0.1, 0.15) is 46.5 Å². The molecule has 1 saturated heterocycles. The lowest BCUT2D eigenvalue weighted by atomic mass is 10.0. The van der Waals surface area contributed by atoms with E-state index >= 15 is 0 Å². The van der Waals surface area contributed by atoms with Crippen molar-refractivity contribution in [2.45, 2.75) is 32.5 Å². The van der Waals surface area contributed by atoms with E-state index in [2.05, 4.69) is 0 Å². The number of carbonyl (C=O) groups excluding carboxylic acids is 3. The van der Waals surface area contributed by atoms with Crippen molar-refractivity contribution < 1.29 is 27.6 Å². The summed E-state index contributed by atoms with van der Waals surface area (Å²) in [5.41, 5.74) is 0.318. The van der Waals surface area contributed by atoms with Gasteiger partial charge in [-0.05, 0) is 42.7 Å². The third-order valence-corrected chi connectivity index (χ3v) is 6.25. The third kappa shape index (κ3) is 4.51. The molecule has 180 valence electrons. The first-order valence-corrected chi connectivity index (χ1v) is 11.3. The summed E-state index contributed by atoms with van der Waals surface area (Å²) < 4.78 is 39.2. The third-order valence-electron chi connectivity index (χ3n) is 6.25. The van der Waals surface area contributed by atoms with Gasteiger partial charge in [0, 0.05) is 31.9 Å². The fourth-order valence-corrected chi connectivity index (χ4v) is 4.53. The largest absolute Gasteiger partial charge is 0.416 e. The van der Waals surface area contributed by atoms with Crippen LogP contribution < -0.4 is 4.90 Å². The molecule has 6 nitrogen and oxygen atoms in total. The van der Waals surface area contributed by atoms with Gasteiger partial charge < -0.3 is 9.80 Å². The van der Waals surface area contributed by atoms with E-state index in [0.29, 0.717) is 36.3 Å². The monoisotopic (exact) mass is 473 g/mol. The molecular weight excluding hydrogens is 447 g/mol. The van der Waals surface area contributed by atoms with Gasteiger partial charge in [-0.1, -0.05) is 32.0 Å². The van der Waals surface area contributed by atoms with E-state index in [1.165, 1.54) is 6.07 Å². The van der Waals surface area contributed by atoms with E-state index in [-0.39, 0.29) is 24.9 Å². The minimum absolute atomic E-state index is 0.0599. The van der Waals surface area contributed by atoms with Crippen LogP contribution in [0.5, 0.6) is 0 Å². The smallest absolute Gasteiger partial charge is 0.368 e. The van der Waals surface area contributed by atoms with Crippen molar-refractivity contribution in [1.29, 1.82) is 0 Å². The summed E-state index contributed by atoms with van der Waals surface area (Å²) in [6.07, 6.45) is -4.09. The lowest BCUT2D eigenvalue weighted by molar-refractivity contribution is -0.137. The fourth-order valence-electron chi connectivity index (χ4n) is 4.53. The first-order chi connectivity index (χ1) is 16.1. The second-order valence-corrected chi connectivity index (χ2v) is 9.03. The predicted molar refractivity (Wildman–Crippen MR) is 120 cm³/mol. The van der Waals surface area contributed by atoms with Gasteiger partial charge in [-0.3, -0.25) is 19.3 Å². The SMILES string of the molecule is CC(C)C[C@@H](C(=O)N1CCN(c2cccc(C(F)(F)F)c2)CC1)N1C(=O)c2ccccc2C1=O. The summed E-state index contributed by atoms with van der Waals surface area (Å²) in [4.78, 5) is 44.0. The van der Waals surface area contributed by atoms with Crippen LogP contribution in [0.15, 0.2) is 48.5 Å². The van der Waals surface area contributed by atoms with E-state index in [1.54, 1.807) is 40.1 Å². The first-order valence-electron chi connectivity index (χ1n) is 11.3. The zero-order valence-corrected chi connectivity index (χ0v) is 19.0. The Hall–Kier alpha value is -3.36. The van der Waals surface area contributed by atoms with Gasteiger partial charge in [-0.15, -0.1) is 0 Å². The number of imide groups is 1. The number of carbonyl (C=O) groups is 3. The molecule has 9 heteroatoms. The average molecular weight is 473 g/mol. The van der Waals surface area contributed by atoms with Crippen LogP contribution in [0.25, 0.3) is 0 Å². The number of benzene rings is 2. The van der Waals surface area contributed by atoms with Gasteiger partial charge in [0.1, 0.15) is 6.04 Å². The molecule has 2 aliphatic heterocycles. The molecule has 0 spiro atoms. The van der Waals surface area contributed by atoms with Crippen molar-refractivity contribution in [1.82, 2.24) is 9.80 Å². The Morgan fingerprint density at radius 1 is 0.912 bits per heavy atom. The Kier molecular flexibility index (Phi) is 6.38. The molecule has 0 saturated carbocycles. The van der Waals surface area contributed by atoms with Gasteiger partial charge in [-0.25, -0.2) is 0 Å². The van der Waals surface area contributed by atoms with E-state index in [0.717, 1.165) is 17.0 Å². The second kappa shape index (κ2) is 9.12. The van der Waals surface area contributed by atoms with Crippen molar-refractivity contribution in [3.8, 4) is 0 Å². The van der Waals surface area contributed by atoms with Crippen molar-refractivity contribution in [2.24, 2.45) is 5.92 Å². The van der Waals surface area contributed by atoms with E-state index in [4.69, 9.17) is 0 Å². The Balaban J connectivity index is 1.49. The number of alkyl halides is 3. The quantitative estimate of drug-likeness (QED) is 0.615. The molecule has 1 fully saturated rings. The van der Waals surface area contributed by atoms with Crippen LogP contribution in [0.4, 0.5) is 18.9 Å². The van der Waals surface area contributed by atoms with Crippen LogP contribution in [-0.4, -0.2) is 59.7 Å². The van der Waals surface area contributed by atoms with Crippen LogP contribution in [0, 0.1) is 5.92 Å². The number of hydrogen-bond donors (Lipinski definition) is 0. The molecule has 0 aromatic heterocycles. The number of nitrogens with zero attached hydrogens (tertiary/aromatic N) is 3. The highest BCUT2D eigenvalue weighted by Crippen LogP contribution is 2.32. The lowest BCUT2D eigenvalue weighted by Gasteiger charge is -2.39. The molecule has 0 bridgehead atoms. The highest BCUT2D eigenvalue weighted by molar-refractivity contribution is 6.22. The molecule has 1 atom stereocenters. The Morgan fingerprint density at radius 2 is 1.50 bits per heavy atom. The van der Waals surface area contributed by atoms with Crippen molar-refractivity contribution in [2.75, 3.05) is 31.1 Å². The molecule has 0 aliphatic carbocycles. The highest BCUT2D eigenvalue weighted by atomic mass is 19.4. The van der Waals surface area contributed by atoms with Gasteiger partial charge in [0.15, 0.2) is 0 Å². The van der Waals surface area contributed by atoms with Gasteiger partial charge >= 0.3 is 6.18 Å². The lowest BCUT2D eigenvalue weighted by Crippen LogP contribution is -2.56. The Labute approximate surface area is 195 Å². The summed E-state index contributed by atoms with van der Waals surface area (Å²) in [6.45, 7) is 5.11. The molecule has 2 heterocycles. The van der Waals surface area contributed by atoms with Gasteiger partial charge in [0.2, 0.25) is 5.91 Å². The molecular formula is C25H26F3N3O3. The van der Waals surface area contributed by atoms with Gasteiger partial charge in [0.05, 0.1) is 16.7 Å². The molecule has 3 amide bonds. The maximum atomic E-state index is 13.5. The van der Waals surface area contributed by atoms with Crippen LogP contribution in [-0.2, 0) is 11.0 Å². The first kappa shape index (κ1) is 23.8.